The fraction of sp³-hybridized carbons (Fsp3) is 0.500. The number of rotatable bonds is 5. The Kier molecular flexibility index (Phi) is 4.31. The van der Waals surface area contributed by atoms with Gasteiger partial charge in [0.2, 0.25) is 5.91 Å². The summed E-state index contributed by atoms with van der Waals surface area (Å²) < 4.78 is 12.9. The summed E-state index contributed by atoms with van der Waals surface area (Å²) in [4.78, 5) is 11.7. The van der Waals surface area contributed by atoms with Gasteiger partial charge in [-0.3, -0.25) is 4.79 Å². The minimum absolute atomic E-state index is 0.0141. The maximum atomic E-state index is 12.9. The van der Waals surface area contributed by atoms with Crippen LogP contribution in [0, 0.1) is 11.7 Å². The number of benzene rings is 1. The molecule has 1 aliphatic carbocycles. The molecule has 98 valence electrons. The minimum Gasteiger partial charge on any atom is -0.348 e. The Labute approximate surface area is 107 Å². The van der Waals surface area contributed by atoms with Gasteiger partial charge in [-0.05, 0) is 43.5 Å². The van der Waals surface area contributed by atoms with Crippen LogP contribution >= 0.6 is 0 Å². The zero-order valence-electron chi connectivity index (χ0n) is 10.6. The summed E-state index contributed by atoms with van der Waals surface area (Å²) in [5, 5.41) is 5.87. The van der Waals surface area contributed by atoms with Crippen LogP contribution in [0.5, 0.6) is 0 Å². The smallest absolute Gasteiger partial charge is 0.234 e. The van der Waals surface area contributed by atoms with Crippen molar-refractivity contribution < 1.29 is 9.18 Å². The van der Waals surface area contributed by atoms with Crippen molar-refractivity contribution in [3.63, 3.8) is 0 Å². The molecule has 0 aromatic heterocycles. The topological polar surface area (TPSA) is 41.1 Å². The van der Waals surface area contributed by atoms with Crippen LogP contribution in [0.2, 0.25) is 0 Å². The molecule has 4 heteroatoms. The van der Waals surface area contributed by atoms with Gasteiger partial charge in [-0.1, -0.05) is 18.6 Å². The van der Waals surface area contributed by atoms with Crippen LogP contribution in [0.3, 0.4) is 0 Å². The number of carbonyl (C=O) groups is 1. The lowest BCUT2D eigenvalue weighted by Crippen LogP contribution is -2.40. The molecule has 1 unspecified atom stereocenters. The third kappa shape index (κ3) is 3.07. The molecule has 2 rings (SSSR count). The normalized spacial score (nSPS) is 17.0. The molecule has 0 radical (unpaired) electrons. The summed E-state index contributed by atoms with van der Waals surface area (Å²) in [7, 11) is 1.75. The van der Waals surface area contributed by atoms with Gasteiger partial charge in [0.05, 0.1) is 12.6 Å². The van der Waals surface area contributed by atoms with Gasteiger partial charge in [0.1, 0.15) is 5.82 Å². The van der Waals surface area contributed by atoms with Crippen molar-refractivity contribution in [2.24, 2.45) is 5.92 Å². The fourth-order valence-corrected chi connectivity index (χ4v) is 2.30. The van der Waals surface area contributed by atoms with Gasteiger partial charge in [-0.15, -0.1) is 0 Å². The van der Waals surface area contributed by atoms with Gasteiger partial charge in [0.15, 0.2) is 0 Å². The molecule has 1 aliphatic rings. The molecule has 1 amide bonds. The quantitative estimate of drug-likeness (QED) is 0.839. The third-order valence-corrected chi connectivity index (χ3v) is 3.50. The van der Waals surface area contributed by atoms with Crippen molar-refractivity contribution in [3.05, 3.63) is 35.6 Å². The molecule has 1 aromatic carbocycles. The summed E-state index contributed by atoms with van der Waals surface area (Å²) in [5.74, 6) is 0.225. The van der Waals surface area contributed by atoms with E-state index in [1.165, 1.54) is 18.6 Å². The summed E-state index contributed by atoms with van der Waals surface area (Å²) in [6, 6.07) is 6.44. The van der Waals surface area contributed by atoms with Crippen LogP contribution in [0.1, 0.15) is 30.9 Å². The first kappa shape index (κ1) is 13.0. The molecule has 1 saturated carbocycles. The lowest BCUT2D eigenvalue weighted by atomic mass is 9.77. The third-order valence-electron chi connectivity index (χ3n) is 3.50. The predicted molar refractivity (Wildman–Crippen MR) is 68.6 cm³/mol. The zero-order valence-corrected chi connectivity index (χ0v) is 10.6. The van der Waals surface area contributed by atoms with Gasteiger partial charge in [0, 0.05) is 0 Å². The van der Waals surface area contributed by atoms with E-state index < -0.39 is 0 Å². The molecule has 0 heterocycles. The van der Waals surface area contributed by atoms with E-state index in [2.05, 4.69) is 10.6 Å². The van der Waals surface area contributed by atoms with Crippen molar-refractivity contribution in [1.29, 1.82) is 0 Å². The van der Waals surface area contributed by atoms with Gasteiger partial charge in [0.25, 0.3) is 0 Å². The van der Waals surface area contributed by atoms with E-state index in [1.54, 1.807) is 19.2 Å². The van der Waals surface area contributed by atoms with Crippen LogP contribution in [-0.2, 0) is 4.79 Å². The Balaban J connectivity index is 2.09. The average molecular weight is 250 g/mol. The molecule has 3 nitrogen and oxygen atoms in total. The van der Waals surface area contributed by atoms with E-state index >= 15 is 0 Å². The maximum absolute atomic E-state index is 12.9. The van der Waals surface area contributed by atoms with Crippen LogP contribution < -0.4 is 10.6 Å². The van der Waals surface area contributed by atoms with E-state index in [1.807, 2.05) is 0 Å². The van der Waals surface area contributed by atoms with Crippen molar-refractivity contribution in [2.45, 2.75) is 25.3 Å². The number of carbonyl (C=O) groups excluding carboxylic acids is 1. The maximum Gasteiger partial charge on any atom is 0.234 e. The lowest BCUT2D eigenvalue weighted by Gasteiger charge is -2.34. The summed E-state index contributed by atoms with van der Waals surface area (Å²) in [6.45, 7) is 0.310. The van der Waals surface area contributed by atoms with Crippen LogP contribution in [0.25, 0.3) is 0 Å². The molecule has 1 aromatic rings. The highest BCUT2D eigenvalue weighted by Crippen LogP contribution is 2.37. The Bertz CT molecular complexity index is 401. The molecule has 0 saturated heterocycles. The number of likely N-dealkylation sites (N-methyl/N-ethyl adjacent to an activating group) is 1. The van der Waals surface area contributed by atoms with E-state index in [0.29, 0.717) is 12.5 Å². The molecule has 0 spiro atoms. The number of amides is 1. The molecule has 18 heavy (non-hydrogen) atoms. The standard InChI is InChI=1S/C14H19FN2O/c1-16-9-13(18)17-14(10-3-2-4-10)11-5-7-12(15)8-6-11/h5-8,10,14,16H,2-4,9H2,1H3,(H,17,18). The highest BCUT2D eigenvalue weighted by atomic mass is 19.1. The Morgan fingerprint density at radius 2 is 2.06 bits per heavy atom. The Morgan fingerprint density at radius 3 is 2.56 bits per heavy atom. The van der Waals surface area contributed by atoms with Crippen LogP contribution in [0.4, 0.5) is 4.39 Å². The first-order valence-electron chi connectivity index (χ1n) is 6.40. The van der Waals surface area contributed by atoms with Gasteiger partial charge < -0.3 is 10.6 Å². The highest BCUT2D eigenvalue weighted by molar-refractivity contribution is 5.78. The minimum atomic E-state index is -0.243. The molecule has 1 atom stereocenters. The van der Waals surface area contributed by atoms with E-state index in [4.69, 9.17) is 0 Å². The average Bonchev–Trinajstić information content (AvgIpc) is 2.27. The molecule has 1 fully saturated rings. The number of halogens is 1. The second kappa shape index (κ2) is 5.96. The Hall–Kier alpha value is -1.42. The van der Waals surface area contributed by atoms with Crippen molar-refractivity contribution >= 4 is 5.91 Å². The summed E-state index contributed by atoms with van der Waals surface area (Å²) in [5.41, 5.74) is 0.991. The molecular formula is C14H19FN2O. The van der Waals surface area contributed by atoms with Gasteiger partial charge in [-0.2, -0.15) is 0 Å². The molecular weight excluding hydrogens is 231 g/mol. The van der Waals surface area contributed by atoms with Crippen molar-refractivity contribution in [1.82, 2.24) is 10.6 Å². The predicted octanol–water partition coefficient (Wildman–Crippen LogP) is 2.00. The van der Waals surface area contributed by atoms with E-state index in [0.717, 1.165) is 18.4 Å². The van der Waals surface area contributed by atoms with E-state index in [-0.39, 0.29) is 17.8 Å². The number of nitrogens with one attached hydrogen (secondary N) is 2. The Morgan fingerprint density at radius 1 is 1.39 bits per heavy atom. The lowest BCUT2D eigenvalue weighted by molar-refractivity contribution is -0.121. The fourth-order valence-electron chi connectivity index (χ4n) is 2.30. The zero-order chi connectivity index (χ0) is 13.0. The summed E-state index contributed by atoms with van der Waals surface area (Å²) in [6.07, 6.45) is 3.47. The number of hydrogen-bond donors (Lipinski definition) is 2. The largest absolute Gasteiger partial charge is 0.348 e. The second-order valence-corrected chi connectivity index (χ2v) is 4.82. The highest BCUT2D eigenvalue weighted by Gasteiger charge is 2.29. The van der Waals surface area contributed by atoms with Crippen molar-refractivity contribution in [2.75, 3.05) is 13.6 Å². The number of hydrogen-bond acceptors (Lipinski definition) is 2. The van der Waals surface area contributed by atoms with E-state index in [9.17, 15) is 9.18 Å². The summed E-state index contributed by atoms with van der Waals surface area (Å²) >= 11 is 0. The second-order valence-electron chi connectivity index (χ2n) is 4.82. The molecule has 0 aliphatic heterocycles. The SMILES string of the molecule is CNCC(=O)NC(c1ccc(F)cc1)C1CCC1. The first-order valence-corrected chi connectivity index (χ1v) is 6.40. The van der Waals surface area contributed by atoms with Gasteiger partial charge >= 0.3 is 0 Å². The van der Waals surface area contributed by atoms with Gasteiger partial charge in [-0.25, -0.2) is 4.39 Å². The van der Waals surface area contributed by atoms with Crippen LogP contribution in [0.15, 0.2) is 24.3 Å². The monoisotopic (exact) mass is 250 g/mol. The molecule has 0 bridgehead atoms. The first-order chi connectivity index (χ1) is 8.70. The molecule has 2 N–H and O–H groups in total. The van der Waals surface area contributed by atoms with Crippen LogP contribution in [-0.4, -0.2) is 19.5 Å². The van der Waals surface area contributed by atoms with Crippen molar-refractivity contribution in [3.8, 4) is 0 Å².